The van der Waals surface area contributed by atoms with Gasteiger partial charge in [0.15, 0.2) is 0 Å². The second-order valence-corrected chi connectivity index (χ2v) is 24.5. The summed E-state index contributed by atoms with van der Waals surface area (Å²) in [4.78, 5) is 9.95. The molecule has 0 N–H and O–H groups in total. The molecular weight excluding hydrogens is 513 g/mol. The summed E-state index contributed by atoms with van der Waals surface area (Å²) in [7, 11) is -3.25. The predicted molar refractivity (Wildman–Crippen MR) is 173 cm³/mol. The molecule has 2 aliphatic carbocycles. The molecule has 0 radical (unpaired) electrons. The van der Waals surface area contributed by atoms with Gasteiger partial charge in [-0.1, -0.05) is 126 Å². The first-order valence-corrected chi connectivity index (χ1v) is 22.0. The maximum atomic E-state index is 5.00. The first kappa shape index (κ1) is 26.4. The molecule has 5 heteroatoms. The van der Waals surface area contributed by atoms with Crippen LogP contribution in [0.3, 0.4) is 0 Å². The Balaban J connectivity index is 1.55. The monoisotopic (exact) mass is 556 g/mol. The molecule has 0 saturated heterocycles. The molecule has 0 atom stereocenters. The Bertz CT molecular complexity index is 1440. The zero-order valence-corrected chi connectivity index (χ0v) is 26.9. The maximum absolute atomic E-state index is 5.00. The number of benzene rings is 2. The largest absolute Gasteiger partial charge is 0.235 e. The molecule has 2 aliphatic rings. The van der Waals surface area contributed by atoms with Gasteiger partial charge in [-0.15, -0.1) is 11.3 Å². The van der Waals surface area contributed by atoms with Crippen LogP contribution in [0.15, 0.2) is 42.7 Å². The molecule has 200 valence electrons. The summed E-state index contributed by atoms with van der Waals surface area (Å²) in [5.74, 6) is 0. The van der Waals surface area contributed by atoms with E-state index in [1.807, 2.05) is 6.33 Å². The number of aromatic nitrogens is 2. The standard InChI is InChI=1S/C33H44N2SSi2/c1-23-30-32(36-33(23)38(5,26-15-8-6-9-16-26)27-17-10-7-11-18-27)31(35-22-34-30)25-20-24-14-12-13-19-28(24)29(21-25)37(2,3)4/h12-14,19-22,26-27H,6-11,15-18H2,1-5H3. The molecule has 2 aromatic heterocycles. The third-order valence-corrected chi connectivity index (χ3v) is 20.7. The molecule has 2 heterocycles. The average molecular weight is 557 g/mol. The highest BCUT2D eigenvalue weighted by Crippen LogP contribution is 2.50. The van der Waals surface area contributed by atoms with Crippen LogP contribution in [-0.2, 0) is 0 Å². The highest BCUT2D eigenvalue weighted by atomic mass is 32.1. The summed E-state index contributed by atoms with van der Waals surface area (Å²) < 4.78 is 3.10. The van der Waals surface area contributed by atoms with Crippen molar-refractivity contribution in [2.75, 3.05) is 0 Å². The molecule has 0 aliphatic heterocycles. The van der Waals surface area contributed by atoms with Gasteiger partial charge >= 0.3 is 0 Å². The number of nitrogens with zero attached hydrogens (tertiary/aromatic N) is 2. The third kappa shape index (κ3) is 4.52. The lowest BCUT2D eigenvalue weighted by Gasteiger charge is -2.45. The SMILES string of the molecule is Cc1c([Si](C)(C2CCCCC2)C2CCCCC2)sc2c(-c3cc([Si](C)(C)C)c4ccccc4c3)ncnc12. The maximum Gasteiger partial charge on any atom is 0.116 e. The lowest BCUT2D eigenvalue weighted by Crippen LogP contribution is -2.53. The van der Waals surface area contributed by atoms with Crippen LogP contribution < -0.4 is 9.69 Å². The number of hydrogen-bond acceptors (Lipinski definition) is 3. The fourth-order valence-corrected chi connectivity index (χ4v) is 18.3. The van der Waals surface area contributed by atoms with Crippen molar-refractivity contribution < 1.29 is 0 Å². The lowest BCUT2D eigenvalue weighted by molar-refractivity contribution is 0.457. The molecule has 0 unspecified atom stereocenters. The molecule has 0 amide bonds. The van der Waals surface area contributed by atoms with E-state index in [9.17, 15) is 0 Å². The van der Waals surface area contributed by atoms with Crippen LogP contribution in [0.25, 0.3) is 32.2 Å². The van der Waals surface area contributed by atoms with E-state index in [2.05, 4.69) is 80.8 Å². The van der Waals surface area contributed by atoms with Crippen molar-refractivity contribution in [2.45, 2.75) is 108 Å². The van der Waals surface area contributed by atoms with E-state index in [-0.39, 0.29) is 0 Å². The number of fused-ring (bicyclic) bond motifs is 2. The Kier molecular flexibility index (Phi) is 7.15. The number of thiophene rings is 1. The fourth-order valence-electron chi connectivity index (χ4n) is 7.92. The summed E-state index contributed by atoms with van der Waals surface area (Å²) in [6, 6.07) is 13.8. The van der Waals surface area contributed by atoms with Crippen molar-refractivity contribution in [2.24, 2.45) is 0 Å². The van der Waals surface area contributed by atoms with Gasteiger partial charge in [0.1, 0.15) is 14.4 Å². The van der Waals surface area contributed by atoms with Crippen LogP contribution in [0.4, 0.5) is 0 Å². The quantitative estimate of drug-likeness (QED) is 0.229. The van der Waals surface area contributed by atoms with Crippen LogP contribution >= 0.6 is 11.3 Å². The van der Waals surface area contributed by atoms with Crippen molar-refractivity contribution in [3.05, 3.63) is 48.3 Å². The molecule has 2 fully saturated rings. The third-order valence-electron chi connectivity index (χ3n) is 10.0. The molecule has 0 bridgehead atoms. The van der Waals surface area contributed by atoms with Crippen molar-refractivity contribution >= 4 is 58.2 Å². The van der Waals surface area contributed by atoms with Crippen molar-refractivity contribution in [3.63, 3.8) is 0 Å². The van der Waals surface area contributed by atoms with E-state index < -0.39 is 16.1 Å². The smallest absolute Gasteiger partial charge is 0.116 e. The fraction of sp³-hybridized carbons (Fsp3) is 0.515. The molecule has 0 spiro atoms. The molecule has 2 saturated carbocycles. The van der Waals surface area contributed by atoms with Crippen LogP contribution in [-0.4, -0.2) is 26.1 Å². The number of rotatable bonds is 5. The minimum Gasteiger partial charge on any atom is -0.235 e. The summed E-state index contributed by atoms with van der Waals surface area (Å²) in [6.07, 6.45) is 16.3. The lowest BCUT2D eigenvalue weighted by atomic mass is 9.99. The van der Waals surface area contributed by atoms with Crippen LogP contribution in [0.2, 0.25) is 37.3 Å². The van der Waals surface area contributed by atoms with Gasteiger partial charge in [0.2, 0.25) is 0 Å². The summed E-state index contributed by atoms with van der Waals surface area (Å²) >= 11 is 2.11. The molecule has 4 aromatic rings. The zero-order valence-electron chi connectivity index (χ0n) is 24.1. The first-order chi connectivity index (χ1) is 18.3. The zero-order chi connectivity index (χ0) is 26.5. The van der Waals surface area contributed by atoms with Gasteiger partial charge in [0.05, 0.1) is 24.0 Å². The number of aryl methyl sites for hydroxylation is 1. The minimum atomic E-state index is -1.70. The molecule has 6 rings (SSSR count). The van der Waals surface area contributed by atoms with Gasteiger partial charge in [-0.05, 0) is 44.9 Å². The van der Waals surface area contributed by atoms with Crippen LogP contribution in [0.1, 0.15) is 69.8 Å². The summed E-state index contributed by atoms with van der Waals surface area (Å²) in [5, 5.41) is 4.29. The van der Waals surface area contributed by atoms with E-state index >= 15 is 0 Å². The van der Waals surface area contributed by atoms with Crippen molar-refractivity contribution in [1.82, 2.24) is 9.97 Å². The van der Waals surface area contributed by atoms with Crippen LogP contribution in [0, 0.1) is 6.92 Å². The Hall–Kier alpha value is -1.83. The van der Waals surface area contributed by atoms with Gasteiger partial charge in [-0.25, -0.2) is 9.97 Å². The van der Waals surface area contributed by atoms with Crippen LogP contribution in [0.5, 0.6) is 0 Å². The highest BCUT2D eigenvalue weighted by molar-refractivity contribution is 7.32. The van der Waals surface area contributed by atoms with Gasteiger partial charge in [0, 0.05) is 5.56 Å². The molecule has 2 nitrogen and oxygen atoms in total. The van der Waals surface area contributed by atoms with E-state index in [1.165, 1.54) is 102 Å². The normalized spacial score (nSPS) is 18.4. The van der Waals surface area contributed by atoms with E-state index in [0.717, 1.165) is 16.8 Å². The minimum absolute atomic E-state index is 0.932. The Morgan fingerprint density at radius 3 is 2.05 bits per heavy atom. The van der Waals surface area contributed by atoms with Gasteiger partial charge in [-0.3, -0.25) is 0 Å². The topological polar surface area (TPSA) is 25.8 Å². The summed E-state index contributed by atoms with van der Waals surface area (Å²) in [5.41, 5.74) is 7.01. The predicted octanol–water partition coefficient (Wildman–Crippen LogP) is 9.32. The second kappa shape index (κ2) is 10.3. The first-order valence-electron chi connectivity index (χ1n) is 15.1. The average Bonchev–Trinajstić information content (AvgIpc) is 3.29. The Labute approximate surface area is 235 Å². The van der Waals surface area contributed by atoms with E-state index in [0.29, 0.717) is 0 Å². The summed E-state index contributed by atoms with van der Waals surface area (Å²) in [6.45, 7) is 12.6. The van der Waals surface area contributed by atoms with Crippen molar-refractivity contribution in [1.29, 1.82) is 0 Å². The molecular formula is C33H44N2SSi2. The molecule has 38 heavy (non-hydrogen) atoms. The van der Waals surface area contributed by atoms with E-state index in [4.69, 9.17) is 9.97 Å². The number of hydrogen-bond donors (Lipinski definition) is 0. The Morgan fingerprint density at radius 2 is 1.42 bits per heavy atom. The van der Waals surface area contributed by atoms with Gasteiger partial charge in [-0.2, -0.15) is 0 Å². The van der Waals surface area contributed by atoms with Gasteiger partial charge < -0.3 is 0 Å². The van der Waals surface area contributed by atoms with Crippen molar-refractivity contribution in [3.8, 4) is 11.3 Å². The van der Waals surface area contributed by atoms with Gasteiger partial charge in [0.25, 0.3) is 0 Å². The molecule has 2 aromatic carbocycles. The Morgan fingerprint density at radius 1 is 0.789 bits per heavy atom. The highest BCUT2D eigenvalue weighted by Gasteiger charge is 2.47. The van der Waals surface area contributed by atoms with E-state index in [1.54, 1.807) is 4.50 Å². The second-order valence-electron chi connectivity index (χ2n) is 13.4.